The van der Waals surface area contributed by atoms with Crippen molar-refractivity contribution in [2.75, 3.05) is 7.11 Å². The summed E-state index contributed by atoms with van der Waals surface area (Å²) >= 11 is 0. The van der Waals surface area contributed by atoms with Crippen LogP contribution in [0.3, 0.4) is 0 Å². The summed E-state index contributed by atoms with van der Waals surface area (Å²) in [6, 6.07) is 0.0678. The van der Waals surface area contributed by atoms with Crippen LogP contribution in [0.15, 0.2) is 0 Å². The number of amides is 1. The van der Waals surface area contributed by atoms with Gasteiger partial charge in [0.2, 0.25) is 0 Å². The molecule has 0 aromatic carbocycles. The van der Waals surface area contributed by atoms with Gasteiger partial charge in [-0.25, -0.2) is 9.59 Å². The van der Waals surface area contributed by atoms with Gasteiger partial charge in [-0.1, -0.05) is 0 Å². The zero-order chi connectivity index (χ0) is 14.7. The summed E-state index contributed by atoms with van der Waals surface area (Å²) in [7, 11) is 1.31. The molecule has 0 atom stereocenters. The number of carbonyl (C=O) groups excluding carboxylic acids is 2. The molecular formula is C13H24N2O4. The van der Waals surface area contributed by atoms with E-state index in [1.165, 1.54) is 7.11 Å². The summed E-state index contributed by atoms with van der Waals surface area (Å²) in [5.74, 6) is -0.440. The SMILES string of the molecule is COC(=O)C1(NC(=O)OC(C)(C)C)CCC(N)CC1. The molecule has 1 aliphatic rings. The molecule has 110 valence electrons. The van der Waals surface area contributed by atoms with Crippen LogP contribution in [0, 0.1) is 0 Å². The lowest BCUT2D eigenvalue weighted by Crippen LogP contribution is -2.58. The van der Waals surface area contributed by atoms with Gasteiger partial charge < -0.3 is 20.5 Å². The number of carbonyl (C=O) groups is 2. The first-order valence-electron chi connectivity index (χ1n) is 6.54. The summed E-state index contributed by atoms with van der Waals surface area (Å²) in [6.07, 6.45) is 1.68. The number of hydrogen-bond acceptors (Lipinski definition) is 5. The van der Waals surface area contributed by atoms with Crippen molar-refractivity contribution < 1.29 is 19.1 Å². The van der Waals surface area contributed by atoms with E-state index >= 15 is 0 Å². The molecule has 6 heteroatoms. The Hall–Kier alpha value is -1.30. The molecule has 0 heterocycles. The van der Waals surface area contributed by atoms with E-state index in [0.717, 1.165) is 0 Å². The maximum absolute atomic E-state index is 12.0. The van der Waals surface area contributed by atoms with Crippen LogP contribution in [0.4, 0.5) is 4.79 Å². The highest BCUT2D eigenvalue weighted by Gasteiger charge is 2.44. The van der Waals surface area contributed by atoms with Gasteiger partial charge in [-0.05, 0) is 46.5 Å². The van der Waals surface area contributed by atoms with E-state index in [-0.39, 0.29) is 6.04 Å². The summed E-state index contributed by atoms with van der Waals surface area (Å²) in [5, 5.41) is 2.67. The highest BCUT2D eigenvalue weighted by Crippen LogP contribution is 2.29. The van der Waals surface area contributed by atoms with E-state index in [4.69, 9.17) is 15.2 Å². The molecule has 1 fully saturated rings. The fraction of sp³-hybridized carbons (Fsp3) is 0.846. The zero-order valence-corrected chi connectivity index (χ0v) is 12.1. The monoisotopic (exact) mass is 272 g/mol. The molecule has 0 spiro atoms. The van der Waals surface area contributed by atoms with Crippen molar-refractivity contribution in [1.29, 1.82) is 0 Å². The minimum Gasteiger partial charge on any atom is -0.467 e. The quantitative estimate of drug-likeness (QED) is 0.740. The van der Waals surface area contributed by atoms with Crippen molar-refractivity contribution in [2.24, 2.45) is 5.73 Å². The Morgan fingerprint density at radius 1 is 1.26 bits per heavy atom. The molecule has 0 aromatic heterocycles. The van der Waals surface area contributed by atoms with E-state index < -0.39 is 23.2 Å². The molecule has 0 unspecified atom stereocenters. The first-order valence-corrected chi connectivity index (χ1v) is 6.54. The summed E-state index contributed by atoms with van der Waals surface area (Å²) < 4.78 is 10.0. The molecule has 0 bridgehead atoms. The highest BCUT2D eigenvalue weighted by molar-refractivity contribution is 5.86. The fourth-order valence-corrected chi connectivity index (χ4v) is 2.21. The summed E-state index contributed by atoms with van der Waals surface area (Å²) in [4.78, 5) is 23.8. The predicted octanol–water partition coefficient (Wildman–Crippen LogP) is 1.32. The van der Waals surface area contributed by atoms with Crippen LogP contribution in [0.25, 0.3) is 0 Å². The maximum atomic E-state index is 12.0. The van der Waals surface area contributed by atoms with Gasteiger partial charge in [0, 0.05) is 6.04 Å². The Labute approximate surface area is 114 Å². The van der Waals surface area contributed by atoms with Gasteiger partial charge in [0.25, 0.3) is 0 Å². The molecule has 6 nitrogen and oxygen atoms in total. The van der Waals surface area contributed by atoms with Crippen LogP contribution in [-0.2, 0) is 14.3 Å². The van der Waals surface area contributed by atoms with Gasteiger partial charge >= 0.3 is 12.1 Å². The second-order valence-electron chi connectivity index (χ2n) is 6.04. The van der Waals surface area contributed by atoms with Crippen LogP contribution >= 0.6 is 0 Å². The first-order chi connectivity index (χ1) is 8.68. The first kappa shape index (κ1) is 15.8. The number of alkyl carbamates (subject to hydrolysis) is 1. The number of rotatable bonds is 2. The van der Waals surface area contributed by atoms with E-state index in [1.54, 1.807) is 20.8 Å². The third-order valence-corrected chi connectivity index (χ3v) is 3.20. The smallest absolute Gasteiger partial charge is 0.408 e. The van der Waals surface area contributed by atoms with Crippen molar-refractivity contribution >= 4 is 12.1 Å². The highest BCUT2D eigenvalue weighted by atomic mass is 16.6. The lowest BCUT2D eigenvalue weighted by Gasteiger charge is -2.37. The summed E-state index contributed by atoms with van der Waals surface area (Å²) in [5.41, 5.74) is 4.22. The summed E-state index contributed by atoms with van der Waals surface area (Å²) in [6.45, 7) is 5.32. The van der Waals surface area contributed by atoms with E-state index in [2.05, 4.69) is 5.32 Å². The average molecular weight is 272 g/mol. The third kappa shape index (κ3) is 4.38. The molecule has 0 aromatic rings. The Balaban J connectivity index is 2.76. The second kappa shape index (κ2) is 5.77. The molecule has 0 saturated heterocycles. The van der Waals surface area contributed by atoms with Crippen molar-refractivity contribution in [1.82, 2.24) is 5.32 Å². The molecule has 3 N–H and O–H groups in total. The maximum Gasteiger partial charge on any atom is 0.408 e. The Morgan fingerprint density at radius 3 is 2.21 bits per heavy atom. The molecule has 1 aliphatic carbocycles. The number of nitrogens with one attached hydrogen (secondary N) is 1. The zero-order valence-electron chi connectivity index (χ0n) is 12.1. The van der Waals surface area contributed by atoms with Gasteiger partial charge in [-0.3, -0.25) is 0 Å². The second-order valence-corrected chi connectivity index (χ2v) is 6.04. The lowest BCUT2D eigenvalue weighted by molar-refractivity contribution is -0.150. The fourth-order valence-electron chi connectivity index (χ4n) is 2.21. The molecule has 1 rings (SSSR count). The molecule has 0 aliphatic heterocycles. The normalized spacial score (nSPS) is 27.5. The van der Waals surface area contributed by atoms with Crippen LogP contribution in [0.2, 0.25) is 0 Å². The third-order valence-electron chi connectivity index (χ3n) is 3.20. The van der Waals surface area contributed by atoms with Crippen molar-refractivity contribution in [3.05, 3.63) is 0 Å². The molecule has 1 amide bonds. The standard InChI is InChI=1S/C13H24N2O4/c1-12(2,3)19-11(17)15-13(10(16)18-4)7-5-9(14)6-8-13/h9H,5-8,14H2,1-4H3,(H,15,17). The number of methoxy groups -OCH3 is 1. The number of nitrogens with two attached hydrogens (primary N) is 1. The van der Waals surface area contributed by atoms with Crippen LogP contribution in [-0.4, -0.2) is 36.4 Å². The van der Waals surface area contributed by atoms with Crippen molar-refractivity contribution in [3.63, 3.8) is 0 Å². The minimum absolute atomic E-state index is 0.0678. The Bertz CT molecular complexity index is 341. The predicted molar refractivity (Wildman–Crippen MR) is 70.6 cm³/mol. The molecular weight excluding hydrogens is 248 g/mol. The Morgan fingerprint density at radius 2 is 1.79 bits per heavy atom. The lowest BCUT2D eigenvalue weighted by atomic mass is 9.79. The Kier molecular flexibility index (Phi) is 4.79. The van der Waals surface area contributed by atoms with Crippen LogP contribution < -0.4 is 11.1 Å². The number of esters is 1. The van der Waals surface area contributed by atoms with Crippen molar-refractivity contribution in [2.45, 2.75) is 63.6 Å². The van der Waals surface area contributed by atoms with Crippen molar-refractivity contribution in [3.8, 4) is 0 Å². The topological polar surface area (TPSA) is 90.6 Å². The molecule has 1 saturated carbocycles. The van der Waals surface area contributed by atoms with Gasteiger partial charge in [0.15, 0.2) is 0 Å². The van der Waals surface area contributed by atoms with Crippen LogP contribution in [0.5, 0.6) is 0 Å². The number of ether oxygens (including phenoxy) is 2. The van der Waals surface area contributed by atoms with Gasteiger partial charge in [-0.2, -0.15) is 0 Å². The van der Waals surface area contributed by atoms with Gasteiger partial charge in [0.05, 0.1) is 7.11 Å². The van der Waals surface area contributed by atoms with E-state index in [1.807, 2.05) is 0 Å². The minimum atomic E-state index is -1.01. The van der Waals surface area contributed by atoms with E-state index in [0.29, 0.717) is 25.7 Å². The average Bonchev–Trinajstić information content (AvgIpc) is 2.29. The molecule has 0 radical (unpaired) electrons. The van der Waals surface area contributed by atoms with Gasteiger partial charge in [-0.15, -0.1) is 0 Å². The van der Waals surface area contributed by atoms with Gasteiger partial charge in [0.1, 0.15) is 11.1 Å². The van der Waals surface area contributed by atoms with Crippen LogP contribution in [0.1, 0.15) is 46.5 Å². The number of hydrogen-bond donors (Lipinski definition) is 2. The van der Waals surface area contributed by atoms with E-state index in [9.17, 15) is 9.59 Å². The largest absolute Gasteiger partial charge is 0.467 e. The molecule has 19 heavy (non-hydrogen) atoms.